The minimum absolute atomic E-state index is 0.0402. The molecule has 1 unspecified atom stereocenters. The quantitative estimate of drug-likeness (QED) is 0.324. The van der Waals surface area contributed by atoms with Crippen LogP contribution in [0, 0.1) is 0 Å². The van der Waals surface area contributed by atoms with E-state index in [9.17, 15) is 4.79 Å². The molecule has 0 saturated carbocycles. The van der Waals surface area contributed by atoms with Crippen molar-refractivity contribution >= 4 is 23.1 Å². The van der Waals surface area contributed by atoms with Crippen molar-refractivity contribution in [2.24, 2.45) is 0 Å². The van der Waals surface area contributed by atoms with Crippen LogP contribution < -0.4 is 0 Å². The Hall–Kier alpha value is -1.88. The fourth-order valence-corrected chi connectivity index (χ4v) is 3.26. The second kappa shape index (κ2) is 11.8. The number of aliphatic hydroxyl groups excluding tert-OH is 1. The van der Waals surface area contributed by atoms with Crippen LogP contribution in [0.1, 0.15) is 43.7 Å². The Morgan fingerprint density at radius 2 is 2.14 bits per heavy atom. The Morgan fingerprint density at radius 3 is 2.79 bits per heavy atom. The van der Waals surface area contributed by atoms with E-state index in [4.69, 9.17) is 26.2 Å². The number of carbonyl (C=O) groups is 1. The SMILES string of the molecule is C=C(CO)C(=O)OCCOC1C=CC(c2ccc(CCCCC)cc2Cl)=CC1. The van der Waals surface area contributed by atoms with Gasteiger partial charge in [-0.05, 0) is 42.0 Å². The van der Waals surface area contributed by atoms with Gasteiger partial charge in [-0.2, -0.15) is 0 Å². The minimum atomic E-state index is -0.597. The smallest absolute Gasteiger partial charge is 0.335 e. The summed E-state index contributed by atoms with van der Waals surface area (Å²) in [6, 6.07) is 6.32. The first kappa shape index (κ1) is 22.4. The van der Waals surface area contributed by atoms with Crippen molar-refractivity contribution in [1.82, 2.24) is 0 Å². The Bertz CT molecular complexity index is 736. The van der Waals surface area contributed by atoms with E-state index in [1.165, 1.54) is 24.8 Å². The van der Waals surface area contributed by atoms with E-state index in [1.54, 1.807) is 0 Å². The molecule has 0 amide bonds. The third kappa shape index (κ3) is 6.93. The number of rotatable bonds is 11. The molecule has 0 radical (unpaired) electrons. The second-order valence-corrected chi connectivity index (χ2v) is 7.24. The van der Waals surface area contributed by atoms with Gasteiger partial charge >= 0.3 is 5.97 Å². The van der Waals surface area contributed by atoms with E-state index in [2.05, 4.69) is 37.8 Å². The number of hydrogen-bond donors (Lipinski definition) is 1. The summed E-state index contributed by atoms with van der Waals surface area (Å²) in [6.07, 6.45) is 11.5. The average molecular weight is 405 g/mol. The fraction of sp³-hybridized carbons (Fsp3) is 0.435. The number of benzene rings is 1. The number of aryl methyl sites for hydroxylation is 1. The largest absolute Gasteiger partial charge is 0.460 e. The predicted molar refractivity (Wildman–Crippen MR) is 113 cm³/mol. The molecule has 1 aliphatic rings. The lowest BCUT2D eigenvalue weighted by Gasteiger charge is -2.18. The Morgan fingerprint density at radius 1 is 1.32 bits per heavy atom. The molecular formula is C23H29ClO4. The lowest BCUT2D eigenvalue weighted by atomic mass is 9.96. The van der Waals surface area contributed by atoms with Gasteiger partial charge in [-0.25, -0.2) is 4.79 Å². The summed E-state index contributed by atoms with van der Waals surface area (Å²) in [7, 11) is 0. The lowest BCUT2D eigenvalue weighted by molar-refractivity contribution is -0.141. The molecule has 4 nitrogen and oxygen atoms in total. The number of carbonyl (C=O) groups excluding carboxylic acids is 1. The molecule has 0 spiro atoms. The number of esters is 1. The summed E-state index contributed by atoms with van der Waals surface area (Å²) in [5.41, 5.74) is 3.45. The van der Waals surface area contributed by atoms with Crippen molar-refractivity contribution in [3.05, 3.63) is 64.7 Å². The molecule has 0 bridgehead atoms. The summed E-state index contributed by atoms with van der Waals surface area (Å²) >= 11 is 6.50. The van der Waals surface area contributed by atoms with Gasteiger partial charge in [-0.3, -0.25) is 0 Å². The van der Waals surface area contributed by atoms with Crippen LogP contribution in [0.4, 0.5) is 0 Å². The second-order valence-electron chi connectivity index (χ2n) is 6.83. The van der Waals surface area contributed by atoms with Gasteiger partial charge in [0.1, 0.15) is 6.61 Å². The van der Waals surface area contributed by atoms with Crippen LogP contribution in [0.5, 0.6) is 0 Å². The topological polar surface area (TPSA) is 55.8 Å². The molecule has 0 aliphatic heterocycles. The Labute approximate surface area is 172 Å². The summed E-state index contributed by atoms with van der Waals surface area (Å²) in [5, 5.41) is 9.59. The van der Waals surface area contributed by atoms with Gasteiger partial charge in [-0.1, -0.05) is 68.3 Å². The molecule has 1 aliphatic carbocycles. The first-order valence-electron chi connectivity index (χ1n) is 9.79. The predicted octanol–water partition coefficient (Wildman–Crippen LogP) is 4.89. The van der Waals surface area contributed by atoms with Crippen molar-refractivity contribution in [3.8, 4) is 0 Å². The van der Waals surface area contributed by atoms with Crippen molar-refractivity contribution in [1.29, 1.82) is 0 Å². The monoisotopic (exact) mass is 404 g/mol. The molecule has 0 saturated heterocycles. The molecule has 152 valence electrons. The molecule has 1 aromatic carbocycles. The number of allylic oxidation sites excluding steroid dienone is 2. The molecule has 0 aromatic heterocycles. The van der Waals surface area contributed by atoms with Crippen LogP contribution in [0.25, 0.3) is 5.57 Å². The number of hydrogen-bond acceptors (Lipinski definition) is 4. The van der Waals surface area contributed by atoms with Gasteiger partial charge in [0.15, 0.2) is 0 Å². The molecule has 1 atom stereocenters. The molecule has 28 heavy (non-hydrogen) atoms. The maximum absolute atomic E-state index is 11.4. The van der Waals surface area contributed by atoms with Crippen LogP contribution in [0.3, 0.4) is 0 Å². The van der Waals surface area contributed by atoms with Crippen molar-refractivity contribution in [2.45, 2.75) is 45.1 Å². The van der Waals surface area contributed by atoms with Crippen molar-refractivity contribution in [2.75, 3.05) is 19.8 Å². The molecule has 5 heteroatoms. The van der Waals surface area contributed by atoms with Crippen LogP contribution in [0.2, 0.25) is 5.02 Å². The molecule has 0 fully saturated rings. The van der Waals surface area contributed by atoms with Crippen LogP contribution in [-0.2, 0) is 20.7 Å². The number of unbranched alkanes of at least 4 members (excludes halogenated alkanes) is 2. The third-order valence-electron chi connectivity index (χ3n) is 4.60. The van der Waals surface area contributed by atoms with Gasteiger partial charge in [0, 0.05) is 5.02 Å². The van der Waals surface area contributed by atoms with E-state index in [-0.39, 0.29) is 24.9 Å². The molecular weight excluding hydrogens is 376 g/mol. The van der Waals surface area contributed by atoms with E-state index in [0.717, 1.165) is 29.0 Å². The Kier molecular flexibility index (Phi) is 9.48. The molecule has 1 N–H and O–H groups in total. The van der Waals surface area contributed by atoms with E-state index < -0.39 is 12.6 Å². The highest BCUT2D eigenvalue weighted by Crippen LogP contribution is 2.29. The zero-order valence-corrected chi connectivity index (χ0v) is 17.2. The van der Waals surface area contributed by atoms with Gasteiger partial charge in [0.2, 0.25) is 0 Å². The first-order chi connectivity index (χ1) is 13.5. The van der Waals surface area contributed by atoms with Gasteiger partial charge in [0.05, 0.1) is 24.9 Å². The molecule has 1 aromatic rings. The standard InChI is InChI=1S/C23H29ClO4/c1-3-4-5-6-18-7-12-21(22(24)15-18)19-8-10-20(11-9-19)27-13-14-28-23(26)17(2)16-25/h7-10,12,15,20,25H,2-6,11,13-14,16H2,1H3. The average Bonchev–Trinajstić information content (AvgIpc) is 2.71. The van der Waals surface area contributed by atoms with Gasteiger partial charge in [0.25, 0.3) is 0 Å². The fourth-order valence-electron chi connectivity index (χ4n) is 2.95. The number of halogens is 1. The van der Waals surface area contributed by atoms with E-state index >= 15 is 0 Å². The van der Waals surface area contributed by atoms with Gasteiger partial charge < -0.3 is 14.6 Å². The van der Waals surface area contributed by atoms with Crippen molar-refractivity contribution < 1.29 is 19.4 Å². The summed E-state index contributed by atoms with van der Waals surface area (Å²) < 4.78 is 10.7. The van der Waals surface area contributed by atoms with Crippen LogP contribution >= 0.6 is 11.6 Å². The van der Waals surface area contributed by atoms with Crippen molar-refractivity contribution in [3.63, 3.8) is 0 Å². The van der Waals surface area contributed by atoms with E-state index in [1.807, 2.05) is 12.2 Å². The van der Waals surface area contributed by atoms with Gasteiger partial charge in [-0.15, -0.1) is 0 Å². The van der Waals surface area contributed by atoms with Crippen LogP contribution in [-0.4, -0.2) is 37.0 Å². The maximum atomic E-state index is 11.4. The van der Waals surface area contributed by atoms with Crippen LogP contribution in [0.15, 0.2) is 48.6 Å². The number of ether oxygens (including phenoxy) is 2. The first-order valence-corrected chi connectivity index (χ1v) is 10.2. The highest BCUT2D eigenvalue weighted by molar-refractivity contribution is 6.32. The summed E-state index contributed by atoms with van der Waals surface area (Å²) in [4.78, 5) is 11.4. The summed E-state index contributed by atoms with van der Waals surface area (Å²) in [5.74, 6) is -0.597. The minimum Gasteiger partial charge on any atom is -0.460 e. The molecule has 0 heterocycles. The molecule has 2 rings (SSSR count). The lowest BCUT2D eigenvalue weighted by Crippen LogP contribution is -2.18. The maximum Gasteiger partial charge on any atom is 0.335 e. The third-order valence-corrected chi connectivity index (χ3v) is 4.91. The normalized spacial score (nSPS) is 16.0. The number of aliphatic hydroxyl groups is 1. The van der Waals surface area contributed by atoms with E-state index in [0.29, 0.717) is 0 Å². The highest BCUT2D eigenvalue weighted by Gasteiger charge is 2.13. The Balaban J connectivity index is 1.79. The zero-order valence-electron chi connectivity index (χ0n) is 16.5. The highest BCUT2D eigenvalue weighted by atomic mass is 35.5. The zero-order chi connectivity index (χ0) is 20.4. The summed E-state index contributed by atoms with van der Waals surface area (Å²) in [6.45, 7) is 5.63.